The van der Waals surface area contributed by atoms with E-state index in [2.05, 4.69) is 26.1 Å². The average Bonchev–Trinajstić information content (AvgIpc) is 3.01. The lowest BCUT2D eigenvalue weighted by Gasteiger charge is -2.27. The Bertz CT molecular complexity index is 722. The van der Waals surface area contributed by atoms with E-state index in [-0.39, 0.29) is 16.7 Å². The number of rotatable bonds is 5. The Morgan fingerprint density at radius 2 is 1.65 bits per heavy atom. The lowest BCUT2D eigenvalue weighted by molar-refractivity contribution is 0.0938. The maximum Gasteiger partial charge on any atom is 0.251 e. The molecule has 0 heterocycles. The summed E-state index contributed by atoms with van der Waals surface area (Å²) in [4.78, 5) is 12.6. The van der Waals surface area contributed by atoms with E-state index < -0.39 is 0 Å². The van der Waals surface area contributed by atoms with Crippen LogP contribution in [0.1, 0.15) is 50.4 Å². The number of carbonyl (C=O) groups is 1. The van der Waals surface area contributed by atoms with Gasteiger partial charge in [-0.25, -0.2) is 0 Å². The number of para-hydroxylation sites is 1. The molecule has 4 heteroatoms. The molecule has 3 rings (SSSR count). The largest absolute Gasteiger partial charge is 0.457 e. The highest BCUT2D eigenvalue weighted by molar-refractivity contribution is 8.01. The molecule has 1 saturated carbocycles. The molecule has 0 spiro atoms. The molecular weight excluding hydrogens is 342 g/mol. The number of amides is 1. The van der Waals surface area contributed by atoms with Crippen LogP contribution in [0.5, 0.6) is 11.5 Å². The number of hydrogen-bond donors (Lipinski definition) is 1. The van der Waals surface area contributed by atoms with Crippen LogP contribution in [-0.2, 0) is 0 Å². The van der Waals surface area contributed by atoms with Crippen LogP contribution in [0.4, 0.5) is 0 Å². The first-order valence-corrected chi connectivity index (χ1v) is 10.1. The molecule has 1 fully saturated rings. The van der Waals surface area contributed by atoms with Gasteiger partial charge in [-0.05, 0) is 49.2 Å². The van der Waals surface area contributed by atoms with Crippen molar-refractivity contribution >= 4 is 17.7 Å². The van der Waals surface area contributed by atoms with Crippen molar-refractivity contribution < 1.29 is 9.53 Å². The Morgan fingerprint density at radius 3 is 2.31 bits per heavy atom. The molecule has 1 aliphatic carbocycles. The van der Waals surface area contributed by atoms with Crippen LogP contribution in [0.3, 0.4) is 0 Å². The van der Waals surface area contributed by atoms with Gasteiger partial charge in [0, 0.05) is 21.6 Å². The number of carbonyl (C=O) groups excluding carboxylic acids is 1. The summed E-state index contributed by atoms with van der Waals surface area (Å²) in [6, 6.07) is 17.2. The molecule has 26 heavy (non-hydrogen) atoms. The Labute approximate surface area is 160 Å². The predicted octanol–water partition coefficient (Wildman–Crippen LogP) is 5.66. The van der Waals surface area contributed by atoms with E-state index in [1.54, 1.807) is 0 Å². The highest BCUT2D eigenvalue weighted by atomic mass is 32.2. The van der Waals surface area contributed by atoms with Crippen LogP contribution in [0.2, 0.25) is 0 Å². The smallest absolute Gasteiger partial charge is 0.251 e. The summed E-state index contributed by atoms with van der Waals surface area (Å²) in [6.07, 6.45) is 3.42. The second-order valence-corrected chi connectivity index (χ2v) is 9.78. The van der Waals surface area contributed by atoms with Crippen molar-refractivity contribution in [3.8, 4) is 11.5 Å². The van der Waals surface area contributed by atoms with Gasteiger partial charge in [0.05, 0.1) is 0 Å². The minimum atomic E-state index is 0.00247. The van der Waals surface area contributed by atoms with Gasteiger partial charge in [-0.15, -0.1) is 0 Å². The minimum absolute atomic E-state index is 0.00247. The summed E-state index contributed by atoms with van der Waals surface area (Å²) >= 11 is 1.98. The highest BCUT2D eigenvalue weighted by Gasteiger charge is 2.32. The first-order valence-electron chi connectivity index (χ1n) is 9.22. The van der Waals surface area contributed by atoms with Crippen molar-refractivity contribution in [2.45, 2.75) is 56.1 Å². The molecule has 0 radical (unpaired) electrons. The van der Waals surface area contributed by atoms with E-state index in [1.165, 1.54) is 12.8 Å². The zero-order chi connectivity index (χ0) is 18.6. The first-order chi connectivity index (χ1) is 12.4. The molecular formula is C22H27NO2S. The summed E-state index contributed by atoms with van der Waals surface area (Å²) in [5, 5.41) is 3.74. The number of nitrogens with one attached hydrogen (secondary N) is 1. The van der Waals surface area contributed by atoms with Crippen molar-refractivity contribution in [1.82, 2.24) is 5.32 Å². The van der Waals surface area contributed by atoms with Gasteiger partial charge in [0.25, 0.3) is 5.91 Å². The number of thioether (sulfide) groups is 1. The van der Waals surface area contributed by atoms with Crippen molar-refractivity contribution in [1.29, 1.82) is 0 Å². The standard InChI is InChI=1S/C22H27NO2S/c1-22(2,3)26-20-11-7-10-19(20)23-21(24)16-12-14-18(15-13-16)25-17-8-5-4-6-9-17/h4-6,8-9,12-15,19-20H,7,10-11H2,1-3H3,(H,23,24)/t19-,20-/m0/s1. The van der Waals surface area contributed by atoms with Crippen molar-refractivity contribution in [2.75, 3.05) is 0 Å². The second kappa shape index (κ2) is 8.17. The lowest BCUT2D eigenvalue weighted by atomic mass is 10.1. The van der Waals surface area contributed by atoms with E-state index in [0.29, 0.717) is 10.8 Å². The highest BCUT2D eigenvalue weighted by Crippen LogP contribution is 2.37. The number of benzene rings is 2. The van der Waals surface area contributed by atoms with Gasteiger partial charge < -0.3 is 10.1 Å². The molecule has 2 aromatic carbocycles. The summed E-state index contributed by atoms with van der Waals surface area (Å²) in [7, 11) is 0. The third-order valence-corrected chi connectivity index (χ3v) is 5.94. The predicted molar refractivity (Wildman–Crippen MR) is 109 cm³/mol. The molecule has 0 unspecified atom stereocenters. The quantitative estimate of drug-likeness (QED) is 0.739. The van der Waals surface area contributed by atoms with Gasteiger partial charge in [-0.2, -0.15) is 11.8 Å². The van der Waals surface area contributed by atoms with Crippen LogP contribution in [-0.4, -0.2) is 21.9 Å². The van der Waals surface area contributed by atoms with Crippen molar-refractivity contribution in [2.24, 2.45) is 0 Å². The Balaban J connectivity index is 1.59. The second-order valence-electron chi connectivity index (χ2n) is 7.72. The lowest BCUT2D eigenvalue weighted by Crippen LogP contribution is -2.39. The van der Waals surface area contributed by atoms with E-state index in [4.69, 9.17) is 4.74 Å². The number of hydrogen-bond acceptors (Lipinski definition) is 3. The topological polar surface area (TPSA) is 38.3 Å². The maximum atomic E-state index is 12.6. The third kappa shape index (κ3) is 5.28. The molecule has 0 saturated heterocycles. The minimum Gasteiger partial charge on any atom is -0.457 e. The van der Waals surface area contributed by atoms with Crippen molar-refractivity contribution in [3.63, 3.8) is 0 Å². The summed E-state index contributed by atoms with van der Waals surface area (Å²) < 4.78 is 6.00. The van der Waals surface area contributed by atoms with Gasteiger partial charge in [0.2, 0.25) is 0 Å². The molecule has 1 amide bonds. The Hall–Kier alpha value is -1.94. The molecule has 0 aliphatic heterocycles. The molecule has 0 bridgehead atoms. The number of ether oxygens (including phenoxy) is 1. The van der Waals surface area contributed by atoms with E-state index in [0.717, 1.165) is 17.9 Å². The monoisotopic (exact) mass is 369 g/mol. The average molecular weight is 370 g/mol. The molecule has 138 valence electrons. The SMILES string of the molecule is CC(C)(C)S[C@H]1CCC[C@@H]1NC(=O)c1ccc(Oc2ccccc2)cc1. The summed E-state index contributed by atoms with van der Waals surface area (Å²) in [5.74, 6) is 1.52. The van der Waals surface area contributed by atoms with E-state index in [1.807, 2.05) is 66.4 Å². The zero-order valence-corrected chi connectivity index (χ0v) is 16.5. The third-order valence-electron chi connectivity index (χ3n) is 4.37. The first kappa shape index (κ1) is 18.8. The Kier molecular flexibility index (Phi) is 5.92. The van der Waals surface area contributed by atoms with Gasteiger partial charge in [0.1, 0.15) is 11.5 Å². The maximum absolute atomic E-state index is 12.6. The van der Waals surface area contributed by atoms with Gasteiger partial charge >= 0.3 is 0 Å². The van der Waals surface area contributed by atoms with Crippen LogP contribution in [0.15, 0.2) is 54.6 Å². The molecule has 1 aliphatic rings. The molecule has 2 aromatic rings. The fourth-order valence-electron chi connectivity index (χ4n) is 3.24. The Morgan fingerprint density at radius 1 is 1.00 bits per heavy atom. The molecule has 2 atom stereocenters. The van der Waals surface area contributed by atoms with Crippen molar-refractivity contribution in [3.05, 3.63) is 60.2 Å². The van der Waals surface area contributed by atoms with Crippen LogP contribution >= 0.6 is 11.8 Å². The van der Waals surface area contributed by atoms with E-state index >= 15 is 0 Å². The van der Waals surface area contributed by atoms with Crippen LogP contribution < -0.4 is 10.1 Å². The van der Waals surface area contributed by atoms with E-state index in [9.17, 15) is 4.79 Å². The fraction of sp³-hybridized carbons (Fsp3) is 0.409. The normalized spacial score (nSPS) is 20.0. The van der Waals surface area contributed by atoms with Gasteiger partial charge in [0.15, 0.2) is 0 Å². The van der Waals surface area contributed by atoms with Gasteiger partial charge in [-0.1, -0.05) is 45.4 Å². The molecule has 0 aromatic heterocycles. The van der Waals surface area contributed by atoms with Gasteiger partial charge in [-0.3, -0.25) is 4.79 Å². The van der Waals surface area contributed by atoms with Crippen LogP contribution in [0.25, 0.3) is 0 Å². The van der Waals surface area contributed by atoms with Crippen LogP contribution in [0, 0.1) is 0 Å². The molecule has 3 nitrogen and oxygen atoms in total. The fourth-order valence-corrected chi connectivity index (χ4v) is 4.80. The summed E-state index contributed by atoms with van der Waals surface area (Å²) in [5.41, 5.74) is 0.678. The molecule has 1 N–H and O–H groups in total. The summed E-state index contributed by atoms with van der Waals surface area (Å²) in [6.45, 7) is 6.71. The zero-order valence-electron chi connectivity index (χ0n) is 15.7.